The molecule has 2 fully saturated rings. The Labute approximate surface area is 94.5 Å². The van der Waals surface area contributed by atoms with Gasteiger partial charge in [-0.3, -0.25) is 4.98 Å². The highest BCUT2D eigenvalue weighted by atomic mass is 19.1. The average molecular weight is 221 g/mol. The molecule has 1 aromatic heterocycles. The second kappa shape index (κ2) is 3.81. The van der Waals surface area contributed by atoms with Crippen LogP contribution in [0.25, 0.3) is 0 Å². The third kappa shape index (κ3) is 1.54. The molecule has 3 atom stereocenters. The summed E-state index contributed by atoms with van der Waals surface area (Å²) in [5.74, 6) is 1.19. The molecule has 0 bridgehead atoms. The van der Waals surface area contributed by atoms with Gasteiger partial charge in [0.15, 0.2) is 0 Å². The topological polar surface area (TPSA) is 33.1 Å². The zero-order valence-corrected chi connectivity index (χ0v) is 9.14. The summed E-state index contributed by atoms with van der Waals surface area (Å²) in [6.45, 7) is 0. The number of hydrogen-bond donors (Lipinski definition) is 1. The van der Waals surface area contributed by atoms with Crippen LogP contribution in [0.2, 0.25) is 0 Å². The van der Waals surface area contributed by atoms with Crippen LogP contribution in [0.4, 0.5) is 4.39 Å². The van der Waals surface area contributed by atoms with E-state index >= 15 is 0 Å². The number of aromatic nitrogens is 1. The molecule has 2 nitrogen and oxygen atoms in total. The van der Waals surface area contributed by atoms with Crippen molar-refractivity contribution in [3.8, 4) is 0 Å². The molecule has 2 aliphatic carbocycles. The van der Waals surface area contributed by atoms with Gasteiger partial charge in [0, 0.05) is 11.8 Å². The van der Waals surface area contributed by atoms with Crippen molar-refractivity contribution in [1.82, 2.24) is 4.98 Å². The standard InChI is InChI=1S/C13H16FNO/c14-11-7-15-6-5-10(11)13(16)12-8-3-1-2-4-9(8)12/h5-9,12-13,16H,1-4H2. The molecule has 86 valence electrons. The summed E-state index contributed by atoms with van der Waals surface area (Å²) < 4.78 is 13.5. The highest BCUT2D eigenvalue weighted by Gasteiger charge is 2.54. The Kier molecular flexibility index (Phi) is 2.43. The summed E-state index contributed by atoms with van der Waals surface area (Å²) in [6.07, 6.45) is 7.05. The van der Waals surface area contributed by atoms with E-state index in [-0.39, 0.29) is 5.82 Å². The Morgan fingerprint density at radius 1 is 1.31 bits per heavy atom. The number of aliphatic hydroxyl groups is 1. The lowest BCUT2D eigenvalue weighted by molar-refractivity contribution is 0.137. The molecule has 16 heavy (non-hydrogen) atoms. The first-order valence-corrected chi connectivity index (χ1v) is 6.06. The van der Waals surface area contributed by atoms with Gasteiger partial charge < -0.3 is 5.11 Å². The molecule has 0 aromatic carbocycles. The zero-order valence-electron chi connectivity index (χ0n) is 9.14. The molecule has 3 heteroatoms. The SMILES string of the molecule is OC(c1ccncc1F)C1C2CCCCC21. The van der Waals surface area contributed by atoms with E-state index in [0.717, 1.165) is 0 Å². The number of nitrogens with zero attached hydrogens (tertiary/aromatic N) is 1. The summed E-state index contributed by atoms with van der Waals surface area (Å²) in [5.41, 5.74) is 0.425. The van der Waals surface area contributed by atoms with Crippen LogP contribution in [-0.2, 0) is 0 Å². The van der Waals surface area contributed by atoms with Gasteiger partial charge in [0.05, 0.1) is 12.3 Å². The van der Waals surface area contributed by atoms with Gasteiger partial charge in [0.25, 0.3) is 0 Å². The van der Waals surface area contributed by atoms with Crippen molar-refractivity contribution in [1.29, 1.82) is 0 Å². The van der Waals surface area contributed by atoms with Crippen LogP contribution in [-0.4, -0.2) is 10.1 Å². The predicted molar refractivity (Wildman–Crippen MR) is 58.1 cm³/mol. The van der Waals surface area contributed by atoms with Crippen LogP contribution in [0.1, 0.15) is 37.4 Å². The molecule has 1 N–H and O–H groups in total. The maximum atomic E-state index is 13.5. The van der Waals surface area contributed by atoms with Crippen molar-refractivity contribution >= 4 is 0 Å². The van der Waals surface area contributed by atoms with Gasteiger partial charge in [-0.1, -0.05) is 12.8 Å². The van der Waals surface area contributed by atoms with E-state index in [9.17, 15) is 9.50 Å². The third-order valence-electron chi connectivity index (χ3n) is 4.21. The Balaban J connectivity index is 1.79. The van der Waals surface area contributed by atoms with Crippen LogP contribution in [0.5, 0.6) is 0 Å². The Morgan fingerprint density at radius 2 is 2.00 bits per heavy atom. The molecular formula is C13H16FNO. The fraction of sp³-hybridized carbons (Fsp3) is 0.615. The molecule has 1 heterocycles. The van der Waals surface area contributed by atoms with Crippen LogP contribution < -0.4 is 0 Å². The Bertz CT molecular complexity index is 383. The maximum absolute atomic E-state index is 13.5. The van der Waals surface area contributed by atoms with E-state index in [0.29, 0.717) is 23.3 Å². The highest BCUT2D eigenvalue weighted by Crippen LogP contribution is 2.60. The zero-order chi connectivity index (χ0) is 11.1. The monoisotopic (exact) mass is 221 g/mol. The Morgan fingerprint density at radius 3 is 2.62 bits per heavy atom. The van der Waals surface area contributed by atoms with Crippen molar-refractivity contribution in [2.75, 3.05) is 0 Å². The molecule has 2 saturated carbocycles. The van der Waals surface area contributed by atoms with Crippen molar-refractivity contribution in [3.05, 3.63) is 29.8 Å². The molecule has 2 aliphatic rings. The van der Waals surface area contributed by atoms with E-state index in [4.69, 9.17) is 0 Å². The minimum Gasteiger partial charge on any atom is -0.388 e. The number of aliphatic hydroxyl groups excluding tert-OH is 1. The van der Waals surface area contributed by atoms with Crippen LogP contribution >= 0.6 is 0 Å². The largest absolute Gasteiger partial charge is 0.388 e. The van der Waals surface area contributed by atoms with E-state index in [1.807, 2.05) is 0 Å². The van der Waals surface area contributed by atoms with E-state index in [2.05, 4.69) is 4.98 Å². The van der Waals surface area contributed by atoms with E-state index < -0.39 is 6.10 Å². The Hall–Kier alpha value is -0.960. The van der Waals surface area contributed by atoms with Gasteiger partial charge in [-0.15, -0.1) is 0 Å². The summed E-state index contributed by atoms with van der Waals surface area (Å²) in [4.78, 5) is 3.71. The average Bonchev–Trinajstić information content (AvgIpc) is 3.03. The number of halogens is 1. The normalized spacial score (nSPS) is 34.2. The van der Waals surface area contributed by atoms with Crippen LogP contribution in [0.15, 0.2) is 18.5 Å². The minimum atomic E-state index is -0.629. The predicted octanol–water partition coefficient (Wildman–Crippen LogP) is 2.69. The second-order valence-corrected chi connectivity index (χ2v) is 5.03. The first-order chi connectivity index (χ1) is 7.79. The summed E-state index contributed by atoms with van der Waals surface area (Å²) in [7, 11) is 0. The van der Waals surface area contributed by atoms with Gasteiger partial charge in [-0.05, 0) is 36.7 Å². The fourth-order valence-electron chi connectivity index (χ4n) is 3.35. The van der Waals surface area contributed by atoms with Crippen molar-refractivity contribution < 1.29 is 9.50 Å². The van der Waals surface area contributed by atoms with Gasteiger partial charge in [0.1, 0.15) is 5.82 Å². The summed E-state index contributed by atoms with van der Waals surface area (Å²) in [6, 6.07) is 1.60. The first-order valence-electron chi connectivity index (χ1n) is 6.06. The molecule has 3 rings (SSSR count). The molecule has 0 saturated heterocycles. The van der Waals surface area contributed by atoms with Crippen molar-refractivity contribution in [2.24, 2.45) is 17.8 Å². The third-order valence-corrected chi connectivity index (χ3v) is 4.21. The number of rotatable bonds is 2. The molecule has 0 amide bonds. The molecule has 0 aliphatic heterocycles. The van der Waals surface area contributed by atoms with E-state index in [1.165, 1.54) is 31.9 Å². The van der Waals surface area contributed by atoms with E-state index in [1.54, 1.807) is 12.3 Å². The van der Waals surface area contributed by atoms with Gasteiger partial charge in [0.2, 0.25) is 0 Å². The molecule has 0 spiro atoms. The fourth-order valence-corrected chi connectivity index (χ4v) is 3.35. The van der Waals surface area contributed by atoms with Crippen molar-refractivity contribution in [2.45, 2.75) is 31.8 Å². The van der Waals surface area contributed by atoms with Gasteiger partial charge >= 0.3 is 0 Å². The minimum absolute atomic E-state index is 0.291. The van der Waals surface area contributed by atoms with Crippen molar-refractivity contribution in [3.63, 3.8) is 0 Å². The second-order valence-electron chi connectivity index (χ2n) is 5.03. The summed E-state index contributed by atoms with van der Waals surface area (Å²) >= 11 is 0. The van der Waals surface area contributed by atoms with Crippen LogP contribution in [0.3, 0.4) is 0 Å². The lowest BCUT2D eigenvalue weighted by Crippen LogP contribution is -2.05. The number of pyridine rings is 1. The maximum Gasteiger partial charge on any atom is 0.147 e. The smallest absolute Gasteiger partial charge is 0.147 e. The number of hydrogen-bond acceptors (Lipinski definition) is 2. The van der Waals surface area contributed by atoms with Crippen LogP contribution in [0, 0.1) is 23.6 Å². The lowest BCUT2D eigenvalue weighted by Gasteiger charge is -2.11. The number of fused-ring (bicyclic) bond motifs is 1. The van der Waals surface area contributed by atoms with Gasteiger partial charge in [-0.2, -0.15) is 0 Å². The van der Waals surface area contributed by atoms with Gasteiger partial charge in [-0.25, -0.2) is 4.39 Å². The molecule has 3 unspecified atom stereocenters. The summed E-state index contributed by atoms with van der Waals surface area (Å²) in [5, 5.41) is 10.2. The highest BCUT2D eigenvalue weighted by molar-refractivity contribution is 5.20. The molecule has 0 radical (unpaired) electrons. The quantitative estimate of drug-likeness (QED) is 0.833. The molecule has 1 aromatic rings. The first kappa shape index (κ1) is 10.2. The lowest BCUT2D eigenvalue weighted by atomic mass is 10.0. The molecular weight excluding hydrogens is 205 g/mol.